The average molecular weight is 571 g/mol. The van der Waals surface area contributed by atoms with Gasteiger partial charge in [-0.25, -0.2) is 8.79 Å². The lowest BCUT2D eigenvalue weighted by Gasteiger charge is -2.30. The molecule has 0 fully saturated rings. The summed E-state index contributed by atoms with van der Waals surface area (Å²) < 4.78 is 64.4. The minimum atomic E-state index is -4.75. The zero-order valence-electron chi connectivity index (χ0n) is 19.2. The molecule has 0 radical (unpaired) electrons. The highest BCUT2D eigenvalue weighted by atomic mass is 35.5. The van der Waals surface area contributed by atoms with E-state index in [1.807, 2.05) is 0 Å². The molecule has 1 amide bonds. The minimum Gasteiger partial charge on any atom is -0.376 e. The lowest BCUT2D eigenvalue weighted by molar-refractivity contribution is -0.159. The van der Waals surface area contributed by atoms with E-state index >= 15 is 0 Å². The Morgan fingerprint density at radius 2 is 1.84 bits per heavy atom. The summed E-state index contributed by atoms with van der Waals surface area (Å²) in [5, 5.41) is 2.90. The third-order valence-corrected chi connectivity index (χ3v) is 7.67. The van der Waals surface area contributed by atoms with Crippen LogP contribution < -0.4 is 5.32 Å². The Bertz CT molecular complexity index is 1370. The largest absolute Gasteiger partial charge is 0.409 e. The van der Waals surface area contributed by atoms with Crippen molar-refractivity contribution in [2.45, 2.75) is 17.3 Å². The number of nitrogens with one attached hydrogen (secondary N) is 1. The van der Waals surface area contributed by atoms with Crippen LogP contribution in [0.15, 0.2) is 65.6 Å². The molecule has 1 atom stereocenters. The lowest BCUT2D eigenvalue weighted by atomic mass is 9.87. The number of benzene rings is 3. The normalized spacial score (nSPS) is 17.6. The maximum absolute atomic E-state index is 14.5. The number of alkyl halides is 3. The van der Waals surface area contributed by atoms with Crippen molar-refractivity contribution in [3.05, 3.63) is 93.7 Å². The van der Waals surface area contributed by atoms with Crippen molar-refractivity contribution in [3.63, 3.8) is 0 Å². The van der Waals surface area contributed by atoms with E-state index < -0.39 is 33.2 Å². The summed E-state index contributed by atoms with van der Waals surface area (Å²) in [6, 6.07) is 11.9. The molecule has 0 aromatic heterocycles. The number of nitrogens with zero attached hydrogens (tertiary/aromatic N) is 1. The van der Waals surface area contributed by atoms with E-state index in [-0.39, 0.29) is 23.7 Å². The molecular formula is C26H20Cl2F4N2O2S. The van der Waals surface area contributed by atoms with Crippen molar-refractivity contribution in [1.82, 2.24) is 5.32 Å². The lowest BCUT2D eigenvalue weighted by Crippen LogP contribution is -2.38. The van der Waals surface area contributed by atoms with Crippen LogP contribution in [0.5, 0.6) is 0 Å². The Kier molecular flexibility index (Phi) is 8.18. The fourth-order valence-electron chi connectivity index (χ4n) is 4.08. The standard InChI is InChI=1S/C26H20Cl2F4N2O2S/c1-2-10-36-11-9-33-24(35)19-8-7-18(16-5-3-4-6-17(16)19)22-14-25(37-34-22,26(30,31)32)15-12-20(27)23(29)21(28)13-15/h2-8,12-13H,1,9-11,14H2,(H,33,35). The van der Waals surface area contributed by atoms with E-state index in [1.54, 1.807) is 42.5 Å². The van der Waals surface area contributed by atoms with Gasteiger partial charge in [0.25, 0.3) is 5.91 Å². The Balaban J connectivity index is 1.68. The van der Waals surface area contributed by atoms with Crippen LogP contribution in [0.25, 0.3) is 10.8 Å². The molecule has 1 aliphatic heterocycles. The first-order chi connectivity index (χ1) is 17.6. The van der Waals surface area contributed by atoms with Crippen molar-refractivity contribution in [2.24, 2.45) is 4.40 Å². The smallest absolute Gasteiger partial charge is 0.376 e. The van der Waals surface area contributed by atoms with Gasteiger partial charge in [-0.3, -0.25) is 4.79 Å². The van der Waals surface area contributed by atoms with Crippen molar-refractivity contribution >= 4 is 57.5 Å². The topological polar surface area (TPSA) is 50.7 Å². The van der Waals surface area contributed by atoms with Gasteiger partial charge < -0.3 is 10.1 Å². The van der Waals surface area contributed by atoms with Gasteiger partial charge in [-0.15, -0.1) is 6.58 Å². The van der Waals surface area contributed by atoms with E-state index in [9.17, 15) is 22.4 Å². The molecule has 1 heterocycles. The maximum Gasteiger partial charge on any atom is 0.409 e. The van der Waals surface area contributed by atoms with Gasteiger partial charge in [-0.2, -0.15) is 13.2 Å². The van der Waals surface area contributed by atoms with E-state index in [2.05, 4.69) is 16.3 Å². The van der Waals surface area contributed by atoms with Crippen LogP contribution in [0.1, 0.15) is 27.9 Å². The van der Waals surface area contributed by atoms with Crippen LogP contribution in [0.3, 0.4) is 0 Å². The van der Waals surface area contributed by atoms with Crippen LogP contribution in [0.2, 0.25) is 10.0 Å². The molecule has 4 nitrogen and oxygen atoms in total. The van der Waals surface area contributed by atoms with Crippen LogP contribution in [-0.2, 0) is 9.48 Å². The highest BCUT2D eigenvalue weighted by Gasteiger charge is 2.60. The van der Waals surface area contributed by atoms with Crippen molar-refractivity contribution in [2.75, 3.05) is 19.8 Å². The zero-order chi connectivity index (χ0) is 26.8. The molecule has 0 spiro atoms. The molecule has 37 heavy (non-hydrogen) atoms. The highest BCUT2D eigenvalue weighted by Crippen LogP contribution is 2.57. The van der Waals surface area contributed by atoms with Gasteiger partial charge in [0.2, 0.25) is 0 Å². The maximum atomic E-state index is 14.5. The number of halogens is 6. The van der Waals surface area contributed by atoms with Crippen molar-refractivity contribution in [1.29, 1.82) is 0 Å². The third kappa shape index (κ3) is 5.36. The molecule has 0 saturated carbocycles. The summed E-state index contributed by atoms with van der Waals surface area (Å²) in [6.07, 6.45) is -3.68. The van der Waals surface area contributed by atoms with Gasteiger partial charge in [0, 0.05) is 24.1 Å². The van der Waals surface area contributed by atoms with Crippen LogP contribution >= 0.6 is 35.1 Å². The molecule has 4 rings (SSSR count). The molecule has 0 aliphatic carbocycles. The van der Waals surface area contributed by atoms with Gasteiger partial charge in [0.05, 0.1) is 29.0 Å². The van der Waals surface area contributed by atoms with Gasteiger partial charge in [-0.05, 0) is 46.5 Å². The molecule has 1 N–H and O–H groups in total. The van der Waals surface area contributed by atoms with Crippen molar-refractivity contribution in [3.8, 4) is 0 Å². The number of carbonyl (C=O) groups excluding carboxylic acids is 1. The van der Waals surface area contributed by atoms with E-state index in [0.29, 0.717) is 47.1 Å². The monoisotopic (exact) mass is 570 g/mol. The summed E-state index contributed by atoms with van der Waals surface area (Å²) in [7, 11) is 0. The highest BCUT2D eigenvalue weighted by molar-refractivity contribution is 7.99. The molecule has 1 unspecified atom stereocenters. The van der Waals surface area contributed by atoms with Gasteiger partial charge >= 0.3 is 6.18 Å². The second-order valence-electron chi connectivity index (χ2n) is 8.21. The average Bonchev–Trinajstić information content (AvgIpc) is 3.33. The molecule has 1 aliphatic rings. The molecule has 3 aromatic carbocycles. The number of fused-ring (bicyclic) bond motifs is 1. The second-order valence-corrected chi connectivity index (χ2v) is 10.1. The van der Waals surface area contributed by atoms with E-state index in [1.165, 1.54) is 0 Å². The van der Waals surface area contributed by atoms with Crippen molar-refractivity contribution < 1.29 is 27.1 Å². The quantitative estimate of drug-likeness (QED) is 0.100. The molecule has 11 heteroatoms. The first-order valence-corrected chi connectivity index (χ1v) is 12.6. The van der Waals surface area contributed by atoms with Gasteiger partial charge in [0.15, 0.2) is 10.6 Å². The van der Waals surface area contributed by atoms with Crippen LogP contribution in [0, 0.1) is 5.82 Å². The number of hydrogen-bond acceptors (Lipinski definition) is 4. The summed E-state index contributed by atoms with van der Waals surface area (Å²) in [5.41, 5.74) is 0.715. The Morgan fingerprint density at radius 3 is 2.49 bits per heavy atom. The van der Waals surface area contributed by atoms with Gasteiger partial charge in [0.1, 0.15) is 0 Å². The zero-order valence-corrected chi connectivity index (χ0v) is 21.5. The molecule has 194 valence electrons. The number of ether oxygens (including phenoxy) is 1. The fraction of sp³-hybridized carbons (Fsp3) is 0.231. The number of amides is 1. The Labute approximate surface area is 224 Å². The number of carbonyl (C=O) groups is 1. The summed E-state index contributed by atoms with van der Waals surface area (Å²) >= 11 is 12.0. The number of rotatable bonds is 8. The Hall–Kier alpha value is -2.59. The van der Waals surface area contributed by atoms with E-state index in [4.69, 9.17) is 27.9 Å². The number of hydrogen-bond donors (Lipinski definition) is 1. The molecule has 3 aromatic rings. The summed E-state index contributed by atoms with van der Waals surface area (Å²) in [4.78, 5) is 12.8. The first kappa shape index (κ1) is 27.4. The predicted octanol–water partition coefficient (Wildman–Crippen LogP) is 7.52. The second kappa shape index (κ2) is 11.0. The molecule has 0 saturated heterocycles. The van der Waals surface area contributed by atoms with E-state index in [0.717, 1.165) is 12.1 Å². The van der Waals surface area contributed by atoms with Crippen LogP contribution in [-0.4, -0.2) is 37.6 Å². The summed E-state index contributed by atoms with van der Waals surface area (Å²) in [5.74, 6) is -1.33. The summed E-state index contributed by atoms with van der Waals surface area (Å²) in [6.45, 7) is 4.50. The molecular weight excluding hydrogens is 551 g/mol. The predicted molar refractivity (Wildman–Crippen MR) is 140 cm³/mol. The minimum absolute atomic E-state index is 0.180. The van der Waals surface area contributed by atoms with Gasteiger partial charge in [-0.1, -0.05) is 59.6 Å². The van der Waals surface area contributed by atoms with Crippen LogP contribution in [0.4, 0.5) is 17.6 Å². The Morgan fingerprint density at radius 1 is 1.16 bits per heavy atom. The third-order valence-electron chi connectivity index (χ3n) is 5.88. The molecule has 0 bridgehead atoms. The fourth-order valence-corrected chi connectivity index (χ4v) is 5.53. The first-order valence-electron chi connectivity index (χ1n) is 11.0. The SMILES string of the molecule is C=CCOCCNC(=O)c1ccc(C2=NSC(c3cc(Cl)c(F)c(Cl)c3)(C(F)(F)F)C2)c2ccccc12.